The van der Waals surface area contributed by atoms with Gasteiger partial charge in [-0.1, -0.05) is 91.0 Å². The minimum absolute atomic E-state index is 0.0649. The molecule has 0 bridgehead atoms. The quantitative estimate of drug-likeness (QED) is 0.282. The Labute approximate surface area is 203 Å². The van der Waals surface area contributed by atoms with Crippen LogP contribution in [0, 0.1) is 0 Å². The van der Waals surface area contributed by atoms with Crippen LogP contribution >= 0.6 is 0 Å². The molecule has 2 aromatic heterocycles. The van der Waals surface area contributed by atoms with Crippen LogP contribution in [0.25, 0.3) is 49.8 Å². The number of hydrogen-bond acceptors (Lipinski definition) is 3. The molecule has 0 saturated heterocycles. The maximum absolute atomic E-state index is 14.0. The lowest BCUT2D eigenvalue weighted by molar-refractivity contribution is 0.400. The molecule has 35 heavy (non-hydrogen) atoms. The number of hydrogen-bond donors (Lipinski definition) is 0. The Morgan fingerprint density at radius 1 is 0.629 bits per heavy atom. The summed E-state index contributed by atoms with van der Waals surface area (Å²) in [5, 5.41) is 1.44. The zero-order chi connectivity index (χ0) is 23.9. The van der Waals surface area contributed by atoms with Gasteiger partial charge in [0.2, 0.25) is 5.43 Å². The van der Waals surface area contributed by atoms with Crippen LogP contribution in [0.4, 0.5) is 0 Å². The average molecular weight is 458 g/mol. The molecule has 0 spiro atoms. The van der Waals surface area contributed by atoms with E-state index >= 15 is 0 Å². The molecule has 0 fully saturated rings. The summed E-state index contributed by atoms with van der Waals surface area (Å²) >= 11 is 0. The van der Waals surface area contributed by atoms with Gasteiger partial charge < -0.3 is 13.9 Å². The molecule has 0 N–H and O–H groups in total. The van der Waals surface area contributed by atoms with Crippen molar-refractivity contribution in [2.75, 3.05) is 14.2 Å². The van der Waals surface area contributed by atoms with E-state index in [4.69, 9.17) is 9.47 Å². The van der Waals surface area contributed by atoms with Gasteiger partial charge in [0.05, 0.1) is 36.2 Å². The van der Waals surface area contributed by atoms with E-state index in [1.165, 1.54) is 0 Å². The monoisotopic (exact) mass is 457 g/mol. The first-order valence-electron chi connectivity index (χ1n) is 11.5. The number of nitrogens with zero attached hydrogens (tertiary/aromatic N) is 1. The summed E-state index contributed by atoms with van der Waals surface area (Å²) in [5.74, 6) is 1.17. The van der Waals surface area contributed by atoms with Gasteiger partial charge in [-0.2, -0.15) is 0 Å². The summed E-state index contributed by atoms with van der Waals surface area (Å²) in [4.78, 5) is 14.0. The third-order valence-electron chi connectivity index (χ3n) is 6.56. The molecule has 170 valence electrons. The summed E-state index contributed by atoms with van der Waals surface area (Å²) in [6, 6.07) is 32.1. The first-order valence-corrected chi connectivity index (χ1v) is 11.5. The van der Waals surface area contributed by atoms with E-state index in [2.05, 4.69) is 28.7 Å². The molecule has 0 radical (unpaired) electrons. The van der Waals surface area contributed by atoms with Crippen molar-refractivity contribution >= 4 is 16.3 Å². The summed E-state index contributed by atoms with van der Waals surface area (Å²) in [5.41, 5.74) is 6.33. The molecular weight excluding hydrogens is 434 g/mol. The zero-order valence-corrected chi connectivity index (χ0v) is 19.5. The van der Waals surface area contributed by atoms with Crippen molar-refractivity contribution < 1.29 is 9.47 Å². The second-order valence-corrected chi connectivity index (χ2v) is 8.44. The Hall–Kier alpha value is -4.57. The topological polar surface area (TPSA) is 39.9 Å². The van der Waals surface area contributed by atoms with Crippen LogP contribution < -0.4 is 14.9 Å². The molecule has 6 aromatic rings. The molecule has 0 aliphatic heterocycles. The predicted molar refractivity (Wildman–Crippen MR) is 142 cm³/mol. The number of benzene rings is 4. The molecule has 2 heterocycles. The third-order valence-corrected chi connectivity index (χ3v) is 6.56. The Kier molecular flexibility index (Phi) is 5.00. The molecule has 0 amide bonds. The first kappa shape index (κ1) is 21.0. The average Bonchev–Trinajstić information content (AvgIpc) is 3.27. The van der Waals surface area contributed by atoms with Crippen molar-refractivity contribution in [3.63, 3.8) is 0 Å². The number of methoxy groups -OCH3 is 2. The van der Waals surface area contributed by atoms with Crippen LogP contribution in [0.2, 0.25) is 0 Å². The molecule has 0 unspecified atom stereocenters. The van der Waals surface area contributed by atoms with E-state index < -0.39 is 0 Å². The van der Waals surface area contributed by atoms with Crippen LogP contribution in [0.15, 0.2) is 108 Å². The van der Waals surface area contributed by atoms with E-state index in [9.17, 15) is 4.79 Å². The van der Waals surface area contributed by atoms with E-state index in [0.29, 0.717) is 22.4 Å². The van der Waals surface area contributed by atoms with Gasteiger partial charge in [-0.15, -0.1) is 0 Å². The van der Waals surface area contributed by atoms with Gasteiger partial charge in [-0.05, 0) is 16.7 Å². The van der Waals surface area contributed by atoms with Crippen molar-refractivity contribution in [3.8, 4) is 45.0 Å². The molecule has 0 aliphatic rings. The molecule has 4 aromatic carbocycles. The maximum atomic E-state index is 14.0. The normalized spacial score (nSPS) is 11.3. The molecule has 4 nitrogen and oxygen atoms in total. The predicted octanol–water partition coefficient (Wildman–Crippen LogP) is 6.91. The highest BCUT2D eigenvalue weighted by atomic mass is 16.5. The van der Waals surface area contributed by atoms with Crippen molar-refractivity contribution in [2.24, 2.45) is 0 Å². The fourth-order valence-corrected chi connectivity index (χ4v) is 5.04. The molecular formula is C31H23NO3. The standard InChI is InChI=1S/C31H23NO3/c1-34-24-18-25(35-2)28-30-27(24)26(21-14-8-4-9-15-21)29(22-16-10-5-11-17-22)32(30)19-23(31(28)33)20-12-6-3-7-13-20/h3-19H,1-2H3. The second kappa shape index (κ2) is 8.33. The van der Waals surface area contributed by atoms with E-state index in [0.717, 1.165) is 38.9 Å². The molecule has 0 aliphatic carbocycles. The molecule has 4 heteroatoms. The van der Waals surface area contributed by atoms with Crippen LogP contribution in [-0.2, 0) is 0 Å². The molecule has 0 saturated carbocycles. The molecule has 6 rings (SSSR count). The first-order chi connectivity index (χ1) is 17.2. The van der Waals surface area contributed by atoms with Gasteiger partial charge in [-0.25, -0.2) is 0 Å². The highest BCUT2D eigenvalue weighted by molar-refractivity contribution is 6.15. The Balaban J connectivity index is 1.91. The Bertz CT molecular complexity index is 1710. The Morgan fingerprint density at radius 3 is 1.71 bits per heavy atom. The number of aromatic nitrogens is 1. The highest BCUT2D eigenvalue weighted by Gasteiger charge is 2.27. The fourth-order valence-electron chi connectivity index (χ4n) is 5.04. The second-order valence-electron chi connectivity index (χ2n) is 8.44. The minimum atomic E-state index is -0.0649. The van der Waals surface area contributed by atoms with Crippen LogP contribution in [0.3, 0.4) is 0 Å². The fraction of sp³-hybridized carbons (Fsp3) is 0.0645. The van der Waals surface area contributed by atoms with Gasteiger partial charge in [0.1, 0.15) is 11.5 Å². The highest BCUT2D eigenvalue weighted by Crippen LogP contribution is 2.48. The van der Waals surface area contributed by atoms with Gasteiger partial charge in [-0.3, -0.25) is 4.79 Å². The third kappa shape index (κ3) is 3.18. The van der Waals surface area contributed by atoms with Gasteiger partial charge >= 0.3 is 0 Å². The van der Waals surface area contributed by atoms with Crippen molar-refractivity contribution in [1.82, 2.24) is 4.40 Å². The zero-order valence-electron chi connectivity index (χ0n) is 19.5. The largest absolute Gasteiger partial charge is 0.496 e. The smallest absolute Gasteiger partial charge is 0.200 e. The SMILES string of the molecule is COc1cc(OC)c2c(=O)c(-c3ccccc3)cn3c(-c4ccccc4)c(-c4ccccc4)c1c23. The maximum Gasteiger partial charge on any atom is 0.200 e. The number of ether oxygens (including phenoxy) is 2. The summed E-state index contributed by atoms with van der Waals surface area (Å²) in [6.45, 7) is 0. The number of pyridine rings is 1. The van der Waals surface area contributed by atoms with E-state index in [-0.39, 0.29) is 5.43 Å². The lowest BCUT2D eigenvalue weighted by atomic mass is 9.97. The van der Waals surface area contributed by atoms with E-state index in [1.54, 1.807) is 14.2 Å². The summed E-state index contributed by atoms with van der Waals surface area (Å²) in [7, 11) is 3.25. The summed E-state index contributed by atoms with van der Waals surface area (Å²) in [6.07, 6.45) is 1.96. The Morgan fingerprint density at radius 2 is 1.14 bits per heavy atom. The van der Waals surface area contributed by atoms with Crippen molar-refractivity contribution in [3.05, 3.63) is 113 Å². The molecule has 0 atom stereocenters. The number of rotatable bonds is 5. The summed E-state index contributed by atoms with van der Waals surface area (Å²) < 4.78 is 13.8. The lowest BCUT2D eigenvalue weighted by Crippen LogP contribution is -2.10. The minimum Gasteiger partial charge on any atom is -0.496 e. The van der Waals surface area contributed by atoms with Gasteiger partial charge in [0.15, 0.2) is 0 Å². The van der Waals surface area contributed by atoms with E-state index in [1.807, 2.05) is 79.0 Å². The van der Waals surface area contributed by atoms with Crippen LogP contribution in [0.5, 0.6) is 11.5 Å². The van der Waals surface area contributed by atoms with Crippen molar-refractivity contribution in [1.29, 1.82) is 0 Å². The van der Waals surface area contributed by atoms with Crippen LogP contribution in [-0.4, -0.2) is 18.6 Å². The van der Waals surface area contributed by atoms with Crippen molar-refractivity contribution in [2.45, 2.75) is 0 Å². The van der Waals surface area contributed by atoms with Crippen LogP contribution in [0.1, 0.15) is 0 Å². The van der Waals surface area contributed by atoms with Gasteiger partial charge in [0.25, 0.3) is 0 Å². The lowest BCUT2D eigenvalue weighted by Gasteiger charge is -2.13. The van der Waals surface area contributed by atoms with Gasteiger partial charge in [0, 0.05) is 23.4 Å².